The fraction of sp³-hybridized carbons (Fsp3) is 0.542. The zero-order valence-electron chi connectivity index (χ0n) is 17.5. The first-order valence-electron chi connectivity index (χ1n) is 11.0. The SMILES string of the molecule is CCc1ncc(CN2CCC3(CC2)CC(=O)N(CCCc2ccccc2)C3)cn1. The molecular weight excluding hydrogens is 360 g/mol. The van der Waals surface area contributed by atoms with E-state index in [0.717, 1.165) is 77.1 Å². The molecule has 2 saturated heterocycles. The highest BCUT2D eigenvalue weighted by molar-refractivity contribution is 5.79. The Morgan fingerprint density at radius 1 is 1.03 bits per heavy atom. The van der Waals surface area contributed by atoms with Gasteiger partial charge in [0.2, 0.25) is 5.91 Å². The summed E-state index contributed by atoms with van der Waals surface area (Å²) in [6, 6.07) is 10.6. The van der Waals surface area contributed by atoms with Gasteiger partial charge in [-0.15, -0.1) is 0 Å². The summed E-state index contributed by atoms with van der Waals surface area (Å²) in [7, 11) is 0. The number of carbonyl (C=O) groups is 1. The smallest absolute Gasteiger partial charge is 0.223 e. The van der Waals surface area contributed by atoms with Crippen molar-refractivity contribution in [1.82, 2.24) is 19.8 Å². The van der Waals surface area contributed by atoms with Crippen molar-refractivity contribution >= 4 is 5.91 Å². The van der Waals surface area contributed by atoms with Crippen LogP contribution in [0.25, 0.3) is 0 Å². The molecule has 2 aromatic rings. The number of piperidine rings is 1. The van der Waals surface area contributed by atoms with E-state index in [2.05, 4.69) is 57.0 Å². The van der Waals surface area contributed by atoms with Gasteiger partial charge in [-0.3, -0.25) is 9.69 Å². The van der Waals surface area contributed by atoms with Gasteiger partial charge in [0.1, 0.15) is 5.82 Å². The molecule has 0 saturated carbocycles. The van der Waals surface area contributed by atoms with Gasteiger partial charge in [0.15, 0.2) is 0 Å². The Balaban J connectivity index is 1.24. The fourth-order valence-corrected chi connectivity index (χ4v) is 4.73. The van der Waals surface area contributed by atoms with Crippen LogP contribution < -0.4 is 0 Å². The van der Waals surface area contributed by atoms with Gasteiger partial charge in [-0.1, -0.05) is 37.3 Å². The minimum absolute atomic E-state index is 0.197. The average molecular weight is 393 g/mol. The molecule has 2 aliphatic rings. The largest absolute Gasteiger partial charge is 0.342 e. The number of likely N-dealkylation sites (tertiary alicyclic amines) is 2. The molecule has 1 amide bonds. The van der Waals surface area contributed by atoms with Gasteiger partial charge >= 0.3 is 0 Å². The predicted octanol–water partition coefficient (Wildman–Crippen LogP) is 3.49. The van der Waals surface area contributed by atoms with Crippen molar-refractivity contribution < 1.29 is 4.79 Å². The van der Waals surface area contributed by atoms with Crippen LogP contribution in [-0.4, -0.2) is 51.9 Å². The van der Waals surface area contributed by atoms with Crippen LogP contribution in [0.3, 0.4) is 0 Å². The number of amides is 1. The Morgan fingerprint density at radius 2 is 1.76 bits per heavy atom. The van der Waals surface area contributed by atoms with E-state index in [9.17, 15) is 4.79 Å². The van der Waals surface area contributed by atoms with Crippen LogP contribution in [-0.2, 0) is 24.2 Å². The summed E-state index contributed by atoms with van der Waals surface area (Å²) in [4.78, 5) is 26.1. The lowest BCUT2D eigenvalue weighted by atomic mass is 9.77. The molecule has 0 unspecified atom stereocenters. The zero-order valence-corrected chi connectivity index (χ0v) is 17.5. The highest BCUT2D eigenvalue weighted by Gasteiger charge is 2.44. The summed E-state index contributed by atoms with van der Waals surface area (Å²) in [6.07, 6.45) is 9.86. The second kappa shape index (κ2) is 9.04. The molecule has 1 spiro atoms. The summed E-state index contributed by atoms with van der Waals surface area (Å²) < 4.78 is 0. The lowest BCUT2D eigenvalue weighted by Crippen LogP contribution is -2.41. The van der Waals surface area contributed by atoms with Crippen molar-refractivity contribution in [3.05, 3.63) is 59.7 Å². The monoisotopic (exact) mass is 392 g/mol. The van der Waals surface area contributed by atoms with E-state index < -0.39 is 0 Å². The summed E-state index contributed by atoms with van der Waals surface area (Å²) in [5.74, 6) is 1.26. The molecule has 0 aliphatic carbocycles. The highest BCUT2D eigenvalue weighted by Crippen LogP contribution is 2.41. The molecule has 29 heavy (non-hydrogen) atoms. The summed E-state index contributed by atoms with van der Waals surface area (Å²) in [5.41, 5.74) is 2.74. The van der Waals surface area contributed by atoms with Crippen molar-refractivity contribution in [3.63, 3.8) is 0 Å². The molecule has 3 heterocycles. The molecular formula is C24H32N4O. The molecule has 0 N–H and O–H groups in total. The summed E-state index contributed by atoms with van der Waals surface area (Å²) in [6.45, 7) is 6.94. The standard InChI is InChI=1S/C24H32N4O/c1-2-22-25-16-21(17-26-22)18-27-13-10-24(11-14-27)15-23(29)28(19-24)12-6-9-20-7-4-3-5-8-20/h3-5,7-8,16-17H,2,6,9-15,18-19H2,1H3. The number of benzene rings is 1. The van der Waals surface area contributed by atoms with E-state index in [-0.39, 0.29) is 5.41 Å². The first-order valence-corrected chi connectivity index (χ1v) is 11.0. The van der Waals surface area contributed by atoms with Gasteiger partial charge in [-0.25, -0.2) is 9.97 Å². The molecule has 1 aromatic carbocycles. The second-order valence-corrected chi connectivity index (χ2v) is 8.72. The third-order valence-electron chi connectivity index (χ3n) is 6.54. The van der Waals surface area contributed by atoms with E-state index in [1.165, 1.54) is 11.1 Å². The van der Waals surface area contributed by atoms with Gasteiger partial charge in [0, 0.05) is 50.4 Å². The molecule has 0 atom stereocenters. The minimum Gasteiger partial charge on any atom is -0.342 e. The van der Waals surface area contributed by atoms with E-state index >= 15 is 0 Å². The van der Waals surface area contributed by atoms with Crippen LogP contribution in [0.4, 0.5) is 0 Å². The average Bonchev–Trinajstić information content (AvgIpc) is 3.06. The van der Waals surface area contributed by atoms with Crippen LogP contribution in [0.5, 0.6) is 0 Å². The molecule has 5 nitrogen and oxygen atoms in total. The molecule has 0 bridgehead atoms. The van der Waals surface area contributed by atoms with Crippen molar-refractivity contribution in [2.24, 2.45) is 5.41 Å². The maximum Gasteiger partial charge on any atom is 0.223 e. The van der Waals surface area contributed by atoms with Crippen LogP contribution >= 0.6 is 0 Å². The topological polar surface area (TPSA) is 49.3 Å². The lowest BCUT2D eigenvalue weighted by molar-refractivity contribution is -0.127. The molecule has 5 heteroatoms. The van der Waals surface area contributed by atoms with Crippen molar-refractivity contribution in [1.29, 1.82) is 0 Å². The number of hydrogen-bond donors (Lipinski definition) is 0. The summed E-state index contributed by atoms with van der Waals surface area (Å²) in [5, 5.41) is 0. The van der Waals surface area contributed by atoms with Gasteiger partial charge in [0.05, 0.1) is 0 Å². The zero-order chi connectivity index (χ0) is 20.1. The Hall–Kier alpha value is -2.27. The van der Waals surface area contributed by atoms with Crippen LogP contribution in [0.1, 0.15) is 49.6 Å². The van der Waals surface area contributed by atoms with Gasteiger partial charge in [-0.05, 0) is 49.8 Å². The quantitative estimate of drug-likeness (QED) is 0.724. The van der Waals surface area contributed by atoms with Crippen molar-refractivity contribution in [2.75, 3.05) is 26.2 Å². The van der Waals surface area contributed by atoms with E-state index in [1.807, 2.05) is 12.4 Å². The summed E-state index contributed by atoms with van der Waals surface area (Å²) >= 11 is 0. The highest BCUT2D eigenvalue weighted by atomic mass is 16.2. The Labute approximate surface area is 174 Å². The molecule has 2 aliphatic heterocycles. The van der Waals surface area contributed by atoms with Crippen LogP contribution in [0.2, 0.25) is 0 Å². The molecule has 154 valence electrons. The van der Waals surface area contributed by atoms with Gasteiger partial charge in [-0.2, -0.15) is 0 Å². The van der Waals surface area contributed by atoms with E-state index in [1.54, 1.807) is 0 Å². The number of hydrogen-bond acceptors (Lipinski definition) is 4. The van der Waals surface area contributed by atoms with Gasteiger partial charge < -0.3 is 4.90 Å². The molecule has 2 fully saturated rings. The lowest BCUT2D eigenvalue weighted by Gasteiger charge is -2.38. The third-order valence-corrected chi connectivity index (χ3v) is 6.54. The van der Waals surface area contributed by atoms with E-state index in [0.29, 0.717) is 5.91 Å². The van der Waals surface area contributed by atoms with E-state index in [4.69, 9.17) is 0 Å². The second-order valence-electron chi connectivity index (χ2n) is 8.72. The fourth-order valence-electron chi connectivity index (χ4n) is 4.73. The number of carbonyl (C=O) groups excluding carboxylic acids is 1. The predicted molar refractivity (Wildman–Crippen MR) is 114 cm³/mol. The molecule has 4 rings (SSSR count). The van der Waals surface area contributed by atoms with Gasteiger partial charge in [0.25, 0.3) is 0 Å². The van der Waals surface area contributed by atoms with Crippen LogP contribution in [0.15, 0.2) is 42.7 Å². The number of nitrogens with zero attached hydrogens (tertiary/aromatic N) is 4. The van der Waals surface area contributed by atoms with Crippen molar-refractivity contribution in [3.8, 4) is 0 Å². The normalized spacial score (nSPS) is 19.2. The molecule has 1 aromatic heterocycles. The Kier molecular flexibility index (Phi) is 6.24. The number of rotatable bonds is 7. The Morgan fingerprint density at radius 3 is 2.45 bits per heavy atom. The van der Waals surface area contributed by atoms with Crippen molar-refractivity contribution in [2.45, 2.75) is 52.0 Å². The number of aromatic nitrogens is 2. The number of aryl methyl sites for hydroxylation is 2. The van der Waals surface area contributed by atoms with Crippen LogP contribution in [0, 0.1) is 5.41 Å². The Bertz CT molecular complexity index is 797. The maximum atomic E-state index is 12.6. The first-order chi connectivity index (χ1) is 14.2. The first kappa shape index (κ1) is 20.0. The molecule has 0 radical (unpaired) electrons. The minimum atomic E-state index is 0.197. The third kappa shape index (κ3) is 5.02. The maximum absolute atomic E-state index is 12.6.